The van der Waals surface area contributed by atoms with Gasteiger partial charge in [-0.3, -0.25) is 9.58 Å². The van der Waals surface area contributed by atoms with Crippen LogP contribution < -0.4 is 0 Å². The fourth-order valence-electron chi connectivity index (χ4n) is 3.93. The average molecular weight is 382 g/mol. The summed E-state index contributed by atoms with van der Waals surface area (Å²) < 4.78 is 3.53. The van der Waals surface area contributed by atoms with Crippen LogP contribution in [0.1, 0.15) is 30.1 Å². The monoisotopic (exact) mass is 381 g/mol. The third kappa shape index (κ3) is 3.07. The molecule has 1 aliphatic rings. The maximum Gasteiger partial charge on any atom is 0.170 e. The molecule has 4 aromatic rings. The van der Waals surface area contributed by atoms with E-state index in [1.54, 1.807) is 15.5 Å². The van der Waals surface area contributed by atoms with Crippen LogP contribution in [0.5, 0.6) is 0 Å². The molecule has 1 saturated heterocycles. The van der Waals surface area contributed by atoms with Gasteiger partial charge in [-0.15, -0.1) is 5.10 Å². The molecule has 7 nitrogen and oxygen atoms in total. The number of halogens is 1. The molecule has 138 valence electrons. The molecular formula is C19H20ClN7. The number of aromatic nitrogens is 6. The van der Waals surface area contributed by atoms with Gasteiger partial charge in [0.1, 0.15) is 6.33 Å². The zero-order chi connectivity index (χ0) is 18.4. The van der Waals surface area contributed by atoms with E-state index in [4.69, 9.17) is 21.7 Å². The smallest absolute Gasteiger partial charge is 0.170 e. The Balaban J connectivity index is 1.41. The number of likely N-dealkylation sites (tertiary alicyclic amines) is 1. The Morgan fingerprint density at radius 2 is 2.19 bits per heavy atom. The van der Waals surface area contributed by atoms with Crippen molar-refractivity contribution in [1.29, 1.82) is 0 Å². The number of piperidine rings is 1. The molecule has 4 heterocycles. The summed E-state index contributed by atoms with van der Waals surface area (Å²) in [7, 11) is 1.89. The molecule has 27 heavy (non-hydrogen) atoms. The molecule has 3 aromatic heterocycles. The largest absolute Gasteiger partial charge is 0.298 e. The minimum absolute atomic E-state index is 0.324. The highest BCUT2D eigenvalue weighted by molar-refractivity contribution is 6.30. The van der Waals surface area contributed by atoms with Gasteiger partial charge in [0, 0.05) is 31.1 Å². The second-order valence-corrected chi connectivity index (χ2v) is 7.63. The Hall–Kier alpha value is -2.51. The highest BCUT2D eigenvalue weighted by Crippen LogP contribution is 2.27. The van der Waals surface area contributed by atoms with Crippen molar-refractivity contribution >= 4 is 28.3 Å². The van der Waals surface area contributed by atoms with Crippen molar-refractivity contribution < 1.29 is 0 Å². The third-order valence-electron chi connectivity index (χ3n) is 5.25. The summed E-state index contributed by atoms with van der Waals surface area (Å²) in [4.78, 5) is 11.8. The van der Waals surface area contributed by atoms with Gasteiger partial charge in [0.2, 0.25) is 0 Å². The van der Waals surface area contributed by atoms with Crippen LogP contribution in [0.4, 0.5) is 0 Å². The Kier molecular flexibility index (Phi) is 4.06. The van der Waals surface area contributed by atoms with E-state index in [1.165, 1.54) is 5.56 Å². The van der Waals surface area contributed by atoms with Crippen LogP contribution in [0.2, 0.25) is 5.02 Å². The minimum atomic E-state index is 0.324. The van der Waals surface area contributed by atoms with Gasteiger partial charge in [0.15, 0.2) is 17.1 Å². The first-order chi connectivity index (χ1) is 13.2. The minimum Gasteiger partial charge on any atom is -0.298 e. The second kappa shape index (κ2) is 6.58. The standard InChI is InChI=1S/C19H20ClN7/c1-25-18-16(9-22-25)19-23-17(24-27(19)12-21-18)14-5-3-7-26(11-14)10-13-4-2-6-15(20)8-13/h2,4,6,8-9,12,14H,3,5,7,10-11H2,1H3. The van der Waals surface area contributed by atoms with Gasteiger partial charge in [0.05, 0.1) is 11.6 Å². The first-order valence-corrected chi connectivity index (χ1v) is 9.55. The third-order valence-corrected chi connectivity index (χ3v) is 5.49. The van der Waals surface area contributed by atoms with E-state index >= 15 is 0 Å². The van der Waals surface area contributed by atoms with E-state index in [0.29, 0.717) is 5.92 Å². The maximum atomic E-state index is 6.13. The molecule has 0 spiro atoms. The second-order valence-electron chi connectivity index (χ2n) is 7.19. The van der Waals surface area contributed by atoms with Gasteiger partial charge in [-0.1, -0.05) is 23.7 Å². The zero-order valence-corrected chi connectivity index (χ0v) is 15.8. The van der Waals surface area contributed by atoms with Crippen LogP contribution in [-0.2, 0) is 13.6 Å². The number of benzene rings is 1. The SMILES string of the molecule is Cn1ncc2c1ncn1nc(C3CCCN(Cc4cccc(Cl)c4)C3)nc21. The van der Waals surface area contributed by atoms with E-state index in [0.717, 1.165) is 60.0 Å². The molecule has 1 unspecified atom stereocenters. The molecule has 1 aliphatic heterocycles. The molecule has 0 bridgehead atoms. The highest BCUT2D eigenvalue weighted by Gasteiger charge is 2.25. The number of aryl methyl sites for hydroxylation is 1. The normalized spacial score (nSPS) is 18.5. The quantitative estimate of drug-likeness (QED) is 0.545. The fourth-order valence-corrected chi connectivity index (χ4v) is 4.14. The number of rotatable bonds is 3. The van der Waals surface area contributed by atoms with Gasteiger partial charge < -0.3 is 0 Å². The number of hydrogen-bond acceptors (Lipinski definition) is 5. The molecule has 0 amide bonds. The number of fused-ring (bicyclic) bond motifs is 3. The van der Waals surface area contributed by atoms with Gasteiger partial charge in [-0.2, -0.15) is 5.10 Å². The summed E-state index contributed by atoms with van der Waals surface area (Å²) in [5.74, 6) is 1.22. The lowest BCUT2D eigenvalue weighted by molar-refractivity contribution is 0.196. The van der Waals surface area contributed by atoms with Crippen LogP contribution >= 0.6 is 11.6 Å². The first-order valence-electron chi connectivity index (χ1n) is 9.17. The van der Waals surface area contributed by atoms with Crippen LogP contribution in [0.25, 0.3) is 16.7 Å². The Morgan fingerprint density at radius 1 is 1.26 bits per heavy atom. The Labute approximate surface area is 161 Å². The molecule has 0 radical (unpaired) electrons. The van der Waals surface area contributed by atoms with Gasteiger partial charge >= 0.3 is 0 Å². The van der Waals surface area contributed by atoms with Crippen molar-refractivity contribution in [2.75, 3.05) is 13.1 Å². The summed E-state index contributed by atoms with van der Waals surface area (Å²) >= 11 is 6.13. The van der Waals surface area contributed by atoms with E-state index in [1.807, 2.05) is 31.4 Å². The van der Waals surface area contributed by atoms with Gasteiger partial charge in [0.25, 0.3) is 0 Å². The Morgan fingerprint density at radius 3 is 3.07 bits per heavy atom. The van der Waals surface area contributed by atoms with Crippen molar-refractivity contribution in [3.05, 3.63) is 53.2 Å². The lowest BCUT2D eigenvalue weighted by atomic mass is 9.97. The van der Waals surface area contributed by atoms with E-state index in [9.17, 15) is 0 Å². The summed E-state index contributed by atoms with van der Waals surface area (Å²) in [6.45, 7) is 2.94. The Bertz CT molecular complexity index is 1120. The molecule has 0 N–H and O–H groups in total. The zero-order valence-electron chi connectivity index (χ0n) is 15.1. The molecule has 1 aromatic carbocycles. The fraction of sp³-hybridized carbons (Fsp3) is 0.368. The molecule has 5 rings (SSSR count). The maximum absolute atomic E-state index is 6.13. The summed E-state index contributed by atoms with van der Waals surface area (Å²) in [6, 6.07) is 8.09. The summed E-state index contributed by atoms with van der Waals surface area (Å²) in [5, 5.41) is 10.7. The van der Waals surface area contributed by atoms with Crippen molar-refractivity contribution in [2.45, 2.75) is 25.3 Å². The van der Waals surface area contributed by atoms with Crippen LogP contribution in [0, 0.1) is 0 Å². The topological polar surface area (TPSA) is 64.1 Å². The van der Waals surface area contributed by atoms with Crippen molar-refractivity contribution in [1.82, 2.24) is 34.3 Å². The lowest BCUT2D eigenvalue weighted by Gasteiger charge is -2.31. The predicted molar refractivity (Wildman–Crippen MR) is 104 cm³/mol. The first kappa shape index (κ1) is 16.6. The van der Waals surface area contributed by atoms with Crippen LogP contribution in [-0.4, -0.2) is 47.4 Å². The number of hydrogen-bond donors (Lipinski definition) is 0. The van der Waals surface area contributed by atoms with E-state index < -0.39 is 0 Å². The number of nitrogens with zero attached hydrogens (tertiary/aromatic N) is 7. The summed E-state index contributed by atoms with van der Waals surface area (Å²) in [6.07, 6.45) is 5.78. The van der Waals surface area contributed by atoms with E-state index in [-0.39, 0.29) is 0 Å². The lowest BCUT2D eigenvalue weighted by Crippen LogP contribution is -2.34. The van der Waals surface area contributed by atoms with Crippen molar-refractivity contribution in [3.63, 3.8) is 0 Å². The van der Waals surface area contributed by atoms with E-state index in [2.05, 4.69) is 21.0 Å². The molecule has 0 saturated carbocycles. The van der Waals surface area contributed by atoms with Crippen LogP contribution in [0.3, 0.4) is 0 Å². The molecule has 1 fully saturated rings. The van der Waals surface area contributed by atoms with Crippen LogP contribution in [0.15, 0.2) is 36.8 Å². The molecule has 8 heteroatoms. The molecule has 1 atom stereocenters. The average Bonchev–Trinajstić information content (AvgIpc) is 3.26. The van der Waals surface area contributed by atoms with Crippen molar-refractivity contribution in [3.8, 4) is 0 Å². The molecular weight excluding hydrogens is 362 g/mol. The van der Waals surface area contributed by atoms with Gasteiger partial charge in [-0.25, -0.2) is 14.5 Å². The van der Waals surface area contributed by atoms with Crippen molar-refractivity contribution in [2.24, 2.45) is 7.05 Å². The summed E-state index contributed by atoms with van der Waals surface area (Å²) in [5.41, 5.74) is 2.90. The highest BCUT2D eigenvalue weighted by atomic mass is 35.5. The van der Waals surface area contributed by atoms with Gasteiger partial charge in [-0.05, 0) is 37.1 Å². The molecule has 0 aliphatic carbocycles. The predicted octanol–water partition coefficient (Wildman–Crippen LogP) is 3.04.